The van der Waals surface area contributed by atoms with Crippen LogP contribution in [0.1, 0.15) is 0 Å². The molecule has 0 amide bonds. The van der Waals surface area contributed by atoms with Crippen molar-refractivity contribution < 1.29 is 0 Å². The molecule has 0 bridgehead atoms. The van der Waals surface area contributed by atoms with Crippen LogP contribution < -0.4 is 0 Å². The van der Waals surface area contributed by atoms with Gasteiger partial charge in [0.2, 0.25) is 0 Å². The first-order chi connectivity index (χ1) is 0. The van der Waals surface area contributed by atoms with Gasteiger partial charge in [0.25, 0.3) is 0 Å². The van der Waals surface area contributed by atoms with E-state index in [0.717, 1.165) is 0 Å². The maximum absolute atomic E-state index is 0. The Morgan fingerprint density at radius 3 is 0.250 bits per heavy atom. The number of halogens is 6. The third-order valence-electron chi connectivity index (χ3n) is 0. The molecule has 8 heavy (non-hydrogen) atoms. The van der Waals surface area contributed by atoms with Crippen LogP contribution in [0.3, 0.4) is 0 Å². The summed E-state index contributed by atoms with van der Waals surface area (Å²) in [5, 5.41) is 0. The van der Waals surface area contributed by atoms with Crippen molar-refractivity contribution in [3.8, 4) is 0 Å². The molecule has 0 aliphatic rings. The summed E-state index contributed by atoms with van der Waals surface area (Å²) in [6.07, 6.45) is 0. The smallest absolute Gasteiger partial charge is 0.147 e. The van der Waals surface area contributed by atoms with Crippen molar-refractivity contribution >= 4 is 94.2 Å². The topological polar surface area (TPSA) is 0 Å². The molecule has 0 nitrogen and oxygen atoms in total. The van der Waals surface area contributed by atoms with E-state index in [4.69, 9.17) is 0 Å². The first-order valence-corrected chi connectivity index (χ1v) is 0. The summed E-state index contributed by atoms with van der Waals surface area (Å²) >= 11 is 0. The molecule has 0 heterocycles. The average molecular weight is 287 g/mol. The molecular formula is H12Cl6P2. The lowest BCUT2D eigenvalue weighted by atomic mass is 31.0. The highest BCUT2D eigenvalue weighted by molar-refractivity contribution is 6.92. The predicted octanol–water partition coefficient (Wildman–Crippen LogP) is 2.65. The lowest BCUT2D eigenvalue weighted by Crippen LogP contribution is 0.688. The Hall–Kier alpha value is 2.60. The summed E-state index contributed by atoms with van der Waals surface area (Å²) in [7, 11) is 0. The SMILES string of the molecule is Cl.Cl.Cl.Cl.Cl.Cl.P.P. The summed E-state index contributed by atoms with van der Waals surface area (Å²) < 4.78 is 0. The van der Waals surface area contributed by atoms with E-state index in [2.05, 4.69) is 0 Å². The zero-order chi connectivity index (χ0) is 0. The van der Waals surface area contributed by atoms with Gasteiger partial charge in [-0.15, -0.1) is 74.4 Å². The highest BCUT2D eigenvalue weighted by Gasteiger charge is -0.141. The van der Waals surface area contributed by atoms with Crippen LogP contribution in [-0.4, -0.2) is 0 Å². The quantitative estimate of drug-likeness (QED) is 0.601. The van der Waals surface area contributed by atoms with E-state index in [1.54, 1.807) is 0 Å². The molecule has 0 N–H and O–H groups in total. The van der Waals surface area contributed by atoms with E-state index in [0.29, 0.717) is 0 Å². The zero-order valence-electron chi connectivity index (χ0n) is 3.86. The Morgan fingerprint density at radius 1 is 0.250 bits per heavy atom. The molecule has 8 heteroatoms. The summed E-state index contributed by atoms with van der Waals surface area (Å²) in [5.74, 6) is 0. The number of hydrogen-bond acceptors (Lipinski definition) is 0. The van der Waals surface area contributed by atoms with Gasteiger partial charge in [-0.05, 0) is 0 Å². The first-order valence-electron chi connectivity index (χ1n) is 0. The van der Waals surface area contributed by atoms with Gasteiger partial charge in [0, 0.05) is 0 Å². The van der Waals surface area contributed by atoms with Gasteiger partial charge in [-0.1, -0.05) is 0 Å². The molecule has 64 valence electrons. The highest BCUT2D eigenvalue weighted by Crippen LogP contribution is 0.862. The monoisotopic (exact) mass is 284 g/mol. The summed E-state index contributed by atoms with van der Waals surface area (Å²) in [6.45, 7) is 0. The molecule has 0 aromatic carbocycles. The fourth-order valence-electron chi connectivity index (χ4n) is 0. The van der Waals surface area contributed by atoms with Crippen molar-refractivity contribution in [2.75, 3.05) is 0 Å². The van der Waals surface area contributed by atoms with E-state index < -0.39 is 0 Å². The molecule has 0 aliphatic heterocycles. The van der Waals surface area contributed by atoms with Crippen LogP contribution in [0.25, 0.3) is 0 Å². The Kier molecular flexibility index (Phi) is 1900. The Balaban J connectivity index is 0. The number of hydrogen-bond donors (Lipinski definition) is 0. The standard InChI is InChI=1S/6ClH.2H3P/h6*1H;2*1H3. The molecule has 2 atom stereocenters. The van der Waals surface area contributed by atoms with Crippen LogP contribution in [0.15, 0.2) is 0 Å². The largest absolute Gasteiger partial charge is 0.153 e. The van der Waals surface area contributed by atoms with Crippen molar-refractivity contribution in [2.45, 2.75) is 0 Å². The van der Waals surface area contributed by atoms with E-state index in [1.165, 1.54) is 0 Å². The van der Waals surface area contributed by atoms with Gasteiger partial charge in [0.05, 0.1) is 0 Å². The summed E-state index contributed by atoms with van der Waals surface area (Å²) in [6, 6.07) is 0. The second-order valence-corrected chi connectivity index (χ2v) is 0. The summed E-state index contributed by atoms with van der Waals surface area (Å²) in [4.78, 5) is 0. The molecule has 0 radical (unpaired) electrons. The number of rotatable bonds is 0. The lowest BCUT2D eigenvalue weighted by Gasteiger charge is -0.154. The van der Waals surface area contributed by atoms with Gasteiger partial charge in [-0.2, -0.15) is 19.8 Å². The third-order valence-corrected chi connectivity index (χ3v) is 0. The molecule has 0 spiro atoms. The van der Waals surface area contributed by atoms with Crippen molar-refractivity contribution in [1.82, 2.24) is 0 Å². The van der Waals surface area contributed by atoms with Crippen molar-refractivity contribution in [3.63, 3.8) is 0 Å². The molecule has 0 aliphatic carbocycles. The fourth-order valence-corrected chi connectivity index (χ4v) is 0. The molecule has 0 fully saturated rings. The zero-order valence-corrected chi connectivity index (χ0v) is 11.6. The van der Waals surface area contributed by atoms with Crippen LogP contribution in [0.4, 0.5) is 0 Å². The minimum Gasteiger partial charge on any atom is -0.153 e. The van der Waals surface area contributed by atoms with E-state index in [9.17, 15) is 0 Å². The minimum atomic E-state index is 0. The second kappa shape index (κ2) is 105. The molecular weight excluding hydrogens is 275 g/mol. The van der Waals surface area contributed by atoms with Gasteiger partial charge < -0.3 is 0 Å². The highest BCUT2D eigenvalue weighted by atomic mass is 35.5. The van der Waals surface area contributed by atoms with Gasteiger partial charge in [-0.3, -0.25) is 0 Å². The average Bonchev–Trinajstić information content (AvgIpc) is 0. The maximum atomic E-state index is 0. The molecule has 0 aromatic rings. The van der Waals surface area contributed by atoms with Gasteiger partial charge in [-0.25, -0.2) is 0 Å². The van der Waals surface area contributed by atoms with Crippen molar-refractivity contribution in [2.24, 2.45) is 0 Å². The van der Waals surface area contributed by atoms with Crippen LogP contribution in [0, 0.1) is 0 Å². The van der Waals surface area contributed by atoms with E-state index >= 15 is 0 Å². The van der Waals surface area contributed by atoms with E-state index in [-0.39, 0.29) is 94.2 Å². The molecule has 2 unspecified atom stereocenters. The van der Waals surface area contributed by atoms with Crippen LogP contribution in [0.5, 0.6) is 0 Å². The van der Waals surface area contributed by atoms with Gasteiger partial charge >= 0.3 is 0 Å². The van der Waals surface area contributed by atoms with Crippen LogP contribution in [-0.2, 0) is 0 Å². The molecule has 0 rings (SSSR count). The van der Waals surface area contributed by atoms with Gasteiger partial charge in [0.1, 0.15) is 0 Å². The molecule has 0 saturated heterocycles. The van der Waals surface area contributed by atoms with E-state index in [1.807, 2.05) is 0 Å². The van der Waals surface area contributed by atoms with Crippen LogP contribution >= 0.6 is 94.2 Å². The second-order valence-electron chi connectivity index (χ2n) is 0. The van der Waals surface area contributed by atoms with Crippen LogP contribution in [0.2, 0.25) is 0 Å². The Bertz CT molecular complexity index is 6.49. The van der Waals surface area contributed by atoms with Crippen molar-refractivity contribution in [3.05, 3.63) is 0 Å². The third kappa shape index (κ3) is 73.5. The molecule has 0 aromatic heterocycles. The Labute approximate surface area is 93.8 Å². The minimum absolute atomic E-state index is 0. The van der Waals surface area contributed by atoms with Crippen molar-refractivity contribution in [1.29, 1.82) is 0 Å². The maximum Gasteiger partial charge on any atom is -0.147 e. The summed E-state index contributed by atoms with van der Waals surface area (Å²) in [5.41, 5.74) is 0. The predicted molar refractivity (Wildman–Crippen MR) is 65.7 cm³/mol. The lowest BCUT2D eigenvalue weighted by molar-refractivity contribution is 5.85. The molecule has 0 saturated carbocycles. The first kappa shape index (κ1) is 145. The Morgan fingerprint density at radius 2 is 0.250 bits per heavy atom. The fraction of sp³-hybridized carbons (Fsp3) is 0. The van der Waals surface area contributed by atoms with Gasteiger partial charge in [0.15, 0.2) is 0 Å². The normalized spacial score (nSPS) is 0.